The Balaban J connectivity index is 1.87. The van der Waals surface area contributed by atoms with Crippen molar-refractivity contribution in [1.29, 1.82) is 0 Å². The lowest BCUT2D eigenvalue weighted by Crippen LogP contribution is -2.08. The van der Waals surface area contributed by atoms with Crippen molar-refractivity contribution in [3.05, 3.63) is 54.1 Å². The number of hydrogen-bond acceptors (Lipinski definition) is 3. The van der Waals surface area contributed by atoms with Gasteiger partial charge in [0.2, 0.25) is 0 Å². The first-order valence-electron chi connectivity index (χ1n) is 6.08. The lowest BCUT2D eigenvalue weighted by Gasteiger charge is -2.07. The van der Waals surface area contributed by atoms with E-state index in [4.69, 9.17) is 10.5 Å². The lowest BCUT2D eigenvalue weighted by atomic mass is 10.2. The van der Waals surface area contributed by atoms with E-state index in [1.807, 2.05) is 43.3 Å². The second kappa shape index (κ2) is 6.38. The molecule has 2 aromatic carbocycles. The first kappa shape index (κ1) is 13.6. The smallest absolute Gasteiger partial charge is 0.121 e. The van der Waals surface area contributed by atoms with Crippen molar-refractivity contribution in [3.8, 4) is 5.75 Å². The second-order valence-electron chi connectivity index (χ2n) is 4.29. The van der Waals surface area contributed by atoms with Gasteiger partial charge in [0.15, 0.2) is 0 Å². The Kier molecular flexibility index (Phi) is 4.58. The van der Waals surface area contributed by atoms with Crippen LogP contribution in [0.15, 0.2) is 53.4 Å². The topological polar surface area (TPSA) is 52.3 Å². The number of anilines is 1. The molecule has 0 heterocycles. The molecule has 0 fully saturated rings. The van der Waals surface area contributed by atoms with Gasteiger partial charge in [-0.1, -0.05) is 18.2 Å². The molecule has 0 amide bonds. The van der Waals surface area contributed by atoms with E-state index in [0.29, 0.717) is 23.8 Å². The zero-order valence-electron chi connectivity index (χ0n) is 10.8. The minimum atomic E-state index is -1.03. The highest BCUT2D eigenvalue weighted by Gasteiger charge is 2.04. The van der Waals surface area contributed by atoms with Gasteiger partial charge in [-0.25, -0.2) is 0 Å². The van der Waals surface area contributed by atoms with Crippen LogP contribution in [0.1, 0.15) is 5.56 Å². The summed E-state index contributed by atoms with van der Waals surface area (Å²) in [5.74, 6) is 1.18. The van der Waals surface area contributed by atoms with Crippen LogP contribution < -0.4 is 10.5 Å². The maximum atomic E-state index is 12.1. The molecule has 0 bridgehead atoms. The lowest BCUT2D eigenvalue weighted by molar-refractivity contribution is 0.343. The molecular weight excluding hydrogens is 258 g/mol. The molecule has 2 aromatic rings. The molecule has 0 saturated carbocycles. The number of nitrogen functional groups attached to an aromatic ring is 1. The normalized spacial score (nSPS) is 12.1. The summed E-state index contributed by atoms with van der Waals surface area (Å²) in [5.41, 5.74) is 7.44. The number of ether oxygens (including phenoxy) is 1. The van der Waals surface area contributed by atoms with E-state index < -0.39 is 10.8 Å². The molecule has 100 valence electrons. The number of aryl methyl sites for hydroxylation is 1. The fourth-order valence-electron chi connectivity index (χ4n) is 1.71. The van der Waals surface area contributed by atoms with Crippen LogP contribution in [-0.2, 0) is 10.8 Å². The van der Waals surface area contributed by atoms with E-state index in [1.165, 1.54) is 0 Å². The van der Waals surface area contributed by atoms with Gasteiger partial charge in [0, 0.05) is 16.6 Å². The average Bonchev–Trinajstić information content (AvgIpc) is 2.38. The van der Waals surface area contributed by atoms with Crippen molar-refractivity contribution >= 4 is 16.5 Å². The predicted molar refractivity (Wildman–Crippen MR) is 78.8 cm³/mol. The first-order chi connectivity index (χ1) is 9.15. The van der Waals surface area contributed by atoms with Crippen molar-refractivity contribution in [3.63, 3.8) is 0 Å². The van der Waals surface area contributed by atoms with Crippen LogP contribution in [0.5, 0.6) is 5.75 Å². The van der Waals surface area contributed by atoms with Crippen molar-refractivity contribution in [1.82, 2.24) is 0 Å². The molecule has 19 heavy (non-hydrogen) atoms. The van der Waals surface area contributed by atoms with Gasteiger partial charge in [-0.2, -0.15) is 0 Å². The molecule has 2 rings (SSSR count). The van der Waals surface area contributed by atoms with Crippen LogP contribution in [0, 0.1) is 6.92 Å². The summed E-state index contributed by atoms with van der Waals surface area (Å²) in [7, 11) is -1.03. The van der Waals surface area contributed by atoms with Gasteiger partial charge in [-0.3, -0.25) is 4.21 Å². The van der Waals surface area contributed by atoms with Gasteiger partial charge in [-0.15, -0.1) is 0 Å². The standard InChI is InChI=1S/C15H17NO2S/c1-12-4-2-7-15(10-12)19(17)9-8-18-14-6-3-5-13(16)11-14/h2-7,10-11H,8-9,16H2,1H3. The largest absolute Gasteiger partial charge is 0.493 e. The number of nitrogens with two attached hydrogens (primary N) is 1. The SMILES string of the molecule is Cc1cccc(S(=O)CCOc2cccc(N)c2)c1. The summed E-state index contributed by atoms with van der Waals surface area (Å²) >= 11 is 0. The van der Waals surface area contributed by atoms with Gasteiger partial charge in [0.1, 0.15) is 12.4 Å². The Morgan fingerprint density at radius 2 is 1.95 bits per heavy atom. The molecule has 0 aliphatic rings. The number of benzene rings is 2. The second-order valence-corrected chi connectivity index (χ2v) is 5.86. The van der Waals surface area contributed by atoms with Crippen LogP contribution in [-0.4, -0.2) is 16.6 Å². The van der Waals surface area contributed by atoms with E-state index in [-0.39, 0.29) is 0 Å². The summed E-state index contributed by atoms with van der Waals surface area (Å²) < 4.78 is 17.6. The minimum Gasteiger partial charge on any atom is -0.493 e. The Labute approximate surface area is 115 Å². The quantitative estimate of drug-likeness (QED) is 0.854. The summed E-state index contributed by atoms with van der Waals surface area (Å²) in [6.45, 7) is 2.40. The molecule has 0 saturated heterocycles. The molecule has 0 radical (unpaired) electrons. The molecule has 0 aromatic heterocycles. The van der Waals surface area contributed by atoms with Gasteiger partial charge >= 0.3 is 0 Å². The predicted octanol–water partition coefficient (Wildman–Crippen LogP) is 2.76. The first-order valence-corrected chi connectivity index (χ1v) is 7.40. The highest BCUT2D eigenvalue weighted by atomic mass is 32.2. The molecule has 4 heteroatoms. The van der Waals surface area contributed by atoms with Crippen LogP contribution >= 0.6 is 0 Å². The average molecular weight is 275 g/mol. The fourth-order valence-corrected chi connectivity index (χ4v) is 2.73. The number of rotatable bonds is 5. The van der Waals surface area contributed by atoms with E-state index in [1.54, 1.807) is 12.1 Å². The van der Waals surface area contributed by atoms with Crippen molar-refractivity contribution < 1.29 is 8.95 Å². The van der Waals surface area contributed by atoms with E-state index in [2.05, 4.69) is 0 Å². The third-order valence-electron chi connectivity index (χ3n) is 2.65. The number of hydrogen-bond donors (Lipinski definition) is 1. The van der Waals surface area contributed by atoms with Gasteiger partial charge < -0.3 is 10.5 Å². The summed E-state index contributed by atoms with van der Waals surface area (Å²) in [4.78, 5) is 0.844. The third kappa shape index (κ3) is 4.10. The van der Waals surface area contributed by atoms with Crippen LogP contribution in [0.4, 0.5) is 5.69 Å². The molecule has 0 spiro atoms. The van der Waals surface area contributed by atoms with Crippen molar-refractivity contribution in [2.75, 3.05) is 18.1 Å². The zero-order valence-corrected chi connectivity index (χ0v) is 11.7. The Morgan fingerprint density at radius 3 is 2.68 bits per heavy atom. The summed E-state index contributed by atoms with van der Waals surface area (Å²) in [5, 5.41) is 0. The van der Waals surface area contributed by atoms with E-state index in [9.17, 15) is 4.21 Å². The molecular formula is C15H17NO2S. The minimum absolute atomic E-state index is 0.407. The monoisotopic (exact) mass is 275 g/mol. The van der Waals surface area contributed by atoms with E-state index >= 15 is 0 Å². The van der Waals surface area contributed by atoms with Gasteiger partial charge in [0.05, 0.1) is 16.6 Å². The van der Waals surface area contributed by atoms with Crippen molar-refractivity contribution in [2.24, 2.45) is 0 Å². The Bertz CT molecular complexity index is 584. The van der Waals surface area contributed by atoms with E-state index in [0.717, 1.165) is 10.5 Å². The molecule has 0 aliphatic carbocycles. The molecule has 0 aliphatic heterocycles. The van der Waals surface area contributed by atoms with Crippen molar-refractivity contribution in [2.45, 2.75) is 11.8 Å². The molecule has 1 atom stereocenters. The van der Waals surface area contributed by atoms with Gasteiger partial charge in [0.25, 0.3) is 0 Å². The fraction of sp³-hybridized carbons (Fsp3) is 0.200. The maximum Gasteiger partial charge on any atom is 0.121 e. The highest BCUT2D eigenvalue weighted by Crippen LogP contribution is 2.15. The summed E-state index contributed by atoms with van der Waals surface area (Å²) in [6.07, 6.45) is 0. The zero-order chi connectivity index (χ0) is 13.7. The highest BCUT2D eigenvalue weighted by molar-refractivity contribution is 7.85. The van der Waals surface area contributed by atoms with Crippen LogP contribution in [0.3, 0.4) is 0 Å². The molecule has 1 unspecified atom stereocenters. The third-order valence-corrected chi connectivity index (χ3v) is 3.97. The maximum absolute atomic E-state index is 12.1. The Hall–Kier alpha value is -1.81. The Morgan fingerprint density at radius 1 is 1.16 bits per heavy atom. The van der Waals surface area contributed by atoms with Gasteiger partial charge in [-0.05, 0) is 36.8 Å². The molecule has 3 nitrogen and oxygen atoms in total. The molecule has 2 N–H and O–H groups in total. The van der Waals surface area contributed by atoms with Crippen LogP contribution in [0.25, 0.3) is 0 Å². The van der Waals surface area contributed by atoms with Crippen LogP contribution in [0.2, 0.25) is 0 Å². The summed E-state index contributed by atoms with van der Waals surface area (Å²) in [6, 6.07) is 15.0.